The molecule has 0 saturated heterocycles. The molecule has 258 valence electrons. The fourth-order valence-electron chi connectivity index (χ4n) is 8.81. The molecule has 1 heterocycles. The van der Waals surface area contributed by atoms with Gasteiger partial charge in [-0.2, -0.15) is 0 Å². The highest BCUT2D eigenvalue weighted by molar-refractivity contribution is 7.85. The van der Waals surface area contributed by atoms with E-state index in [4.69, 9.17) is 4.42 Å². The predicted octanol–water partition coefficient (Wildman–Crippen LogP) is 13.2. The molecule has 0 spiro atoms. The third-order valence-corrected chi connectivity index (χ3v) is 14.3. The second-order valence-electron chi connectivity index (χ2n) is 14.3. The number of hydrogen-bond acceptors (Lipinski definition) is 2. The van der Waals surface area contributed by atoms with E-state index < -0.39 is 7.14 Å². The van der Waals surface area contributed by atoms with E-state index in [9.17, 15) is 0 Å². The lowest BCUT2D eigenvalue weighted by atomic mass is 9.85. The van der Waals surface area contributed by atoms with Crippen LogP contribution in [0.5, 0.6) is 0 Å². The molecule has 0 radical (unpaired) electrons. The Labute approximate surface area is 318 Å². The van der Waals surface area contributed by atoms with Gasteiger partial charge in [-0.15, -0.1) is 0 Å². The monoisotopic (exact) mass is 720 g/mol. The molecule has 0 atom stereocenters. The lowest BCUT2D eigenvalue weighted by Gasteiger charge is -2.22. The molecule has 55 heavy (non-hydrogen) atoms. The van der Waals surface area contributed by atoms with Gasteiger partial charge in [-0.05, 0) is 78.5 Å². The first-order valence-electron chi connectivity index (χ1n) is 18.7. The molecule has 11 rings (SSSR count). The van der Waals surface area contributed by atoms with Crippen LogP contribution in [0.4, 0.5) is 0 Å². The Balaban J connectivity index is 1.22. The standard InChI is InChI=1S/C52H33O2P/c53-55(38-20-3-1-4-21-38,39-22-5-2-6-23-39)40-24-15-19-37(30-40)49-42-26-11-13-28-44(42)50(45-29-14-12-27-43(45)49)47-32-36-18-9-10-25-41(36)51-46-31-34-16-7-8-17-35(34)33-48(46)54-52(47)51/h1-33H. The van der Waals surface area contributed by atoms with Crippen molar-refractivity contribution in [2.45, 2.75) is 0 Å². The zero-order chi connectivity index (χ0) is 36.5. The van der Waals surface area contributed by atoms with Gasteiger partial charge in [0.1, 0.15) is 11.2 Å². The number of hydrogen-bond donors (Lipinski definition) is 0. The van der Waals surface area contributed by atoms with Gasteiger partial charge in [-0.3, -0.25) is 0 Å². The van der Waals surface area contributed by atoms with Crippen molar-refractivity contribution in [2.24, 2.45) is 0 Å². The molecule has 10 aromatic carbocycles. The molecule has 0 unspecified atom stereocenters. The van der Waals surface area contributed by atoms with Crippen LogP contribution in [0.25, 0.3) is 87.3 Å². The summed E-state index contributed by atoms with van der Waals surface area (Å²) in [7, 11) is -3.20. The van der Waals surface area contributed by atoms with Gasteiger partial charge in [-0.1, -0.05) is 176 Å². The molecular weight excluding hydrogens is 688 g/mol. The molecule has 0 bridgehead atoms. The molecule has 1 aromatic heterocycles. The summed E-state index contributed by atoms with van der Waals surface area (Å²) in [6.45, 7) is 0. The summed E-state index contributed by atoms with van der Waals surface area (Å²) in [5.74, 6) is 0. The van der Waals surface area contributed by atoms with Crippen molar-refractivity contribution in [3.8, 4) is 22.3 Å². The molecule has 3 heteroatoms. The summed E-state index contributed by atoms with van der Waals surface area (Å²) in [4.78, 5) is 0. The molecule has 0 aliphatic rings. The Hall–Kier alpha value is -6.73. The van der Waals surface area contributed by atoms with E-state index >= 15 is 4.57 Å². The summed E-state index contributed by atoms with van der Waals surface area (Å²) in [5.41, 5.74) is 6.14. The minimum Gasteiger partial charge on any atom is -0.455 e. The third-order valence-electron chi connectivity index (χ3n) is 11.3. The maximum Gasteiger partial charge on any atom is 0.171 e. The Morgan fingerprint density at radius 2 is 0.855 bits per heavy atom. The van der Waals surface area contributed by atoms with Crippen molar-refractivity contribution in [3.05, 3.63) is 200 Å². The van der Waals surface area contributed by atoms with E-state index in [0.29, 0.717) is 0 Å². The van der Waals surface area contributed by atoms with Crippen LogP contribution in [0.1, 0.15) is 0 Å². The topological polar surface area (TPSA) is 30.2 Å². The van der Waals surface area contributed by atoms with E-state index in [0.717, 1.165) is 87.0 Å². The van der Waals surface area contributed by atoms with Gasteiger partial charge < -0.3 is 8.98 Å². The molecule has 0 fully saturated rings. The SMILES string of the molecule is O=P(c1ccccc1)(c1ccccc1)c1cccc(-c2c3ccccc3c(-c3cc4ccccc4c4c3oc3cc5ccccc5cc34)c3ccccc23)c1. The highest BCUT2D eigenvalue weighted by Gasteiger charge is 2.30. The van der Waals surface area contributed by atoms with E-state index in [2.05, 4.69) is 133 Å². The second kappa shape index (κ2) is 12.4. The maximum atomic E-state index is 15.5. The van der Waals surface area contributed by atoms with Crippen LogP contribution in [0.3, 0.4) is 0 Å². The van der Waals surface area contributed by atoms with Gasteiger partial charge >= 0.3 is 0 Å². The quantitative estimate of drug-likeness (QED) is 0.131. The molecule has 0 aliphatic carbocycles. The normalized spacial score (nSPS) is 12.1. The third kappa shape index (κ3) is 4.85. The fourth-order valence-corrected chi connectivity index (χ4v) is 11.5. The first kappa shape index (κ1) is 31.8. The Kier molecular flexibility index (Phi) is 7.17. The predicted molar refractivity (Wildman–Crippen MR) is 234 cm³/mol. The average Bonchev–Trinajstić information content (AvgIpc) is 3.63. The van der Waals surface area contributed by atoms with Crippen LogP contribution in [0, 0.1) is 0 Å². The highest BCUT2D eigenvalue weighted by atomic mass is 31.2. The van der Waals surface area contributed by atoms with Gasteiger partial charge in [0.2, 0.25) is 0 Å². The lowest BCUT2D eigenvalue weighted by Crippen LogP contribution is -2.25. The van der Waals surface area contributed by atoms with E-state index in [-0.39, 0.29) is 0 Å². The van der Waals surface area contributed by atoms with Crippen LogP contribution in [0.15, 0.2) is 205 Å². The van der Waals surface area contributed by atoms with Gasteiger partial charge in [0.25, 0.3) is 0 Å². The molecule has 0 N–H and O–H groups in total. The van der Waals surface area contributed by atoms with Crippen molar-refractivity contribution in [2.75, 3.05) is 0 Å². The van der Waals surface area contributed by atoms with Gasteiger partial charge in [0, 0.05) is 37.8 Å². The first-order valence-corrected chi connectivity index (χ1v) is 20.4. The first-order chi connectivity index (χ1) is 27.2. The number of fused-ring (bicyclic) bond motifs is 8. The molecule has 0 saturated carbocycles. The van der Waals surface area contributed by atoms with Crippen LogP contribution < -0.4 is 15.9 Å². The Bertz CT molecular complexity index is 3240. The lowest BCUT2D eigenvalue weighted by molar-refractivity contribution is 0.592. The van der Waals surface area contributed by atoms with Crippen molar-refractivity contribution >= 4 is 88.1 Å². The Morgan fingerprint density at radius 3 is 1.47 bits per heavy atom. The van der Waals surface area contributed by atoms with Crippen molar-refractivity contribution in [1.29, 1.82) is 0 Å². The van der Waals surface area contributed by atoms with Crippen LogP contribution in [-0.4, -0.2) is 0 Å². The van der Waals surface area contributed by atoms with Gasteiger partial charge in [0.15, 0.2) is 7.14 Å². The van der Waals surface area contributed by atoms with E-state index in [1.54, 1.807) is 0 Å². The smallest absolute Gasteiger partial charge is 0.171 e. The number of benzene rings is 10. The van der Waals surface area contributed by atoms with Crippen LogP contribution in [-0.2, 0) is 4.57 Å². The molecule has 0 aliphatic heterocycles. The second-order valence-corrected chi connectivity index (χ2v) is 17.1. The number of rotatable bonds is 5. The molecular formula is C52H33O2P. The maximum absolute atomic E-state index is 15.5. The molecule has 2 nitrogen and oxygen atoms in total. The molecule has 0 amide bonds. The van der Waals surface area contributed by atoms with Gasteiger partial charge in [0.05, 0.1) is 0 Å². The largest absolute Gasteiger partial charge is 0.455 e. The average molecular weight is 721 g/mol. The zero-order valence-electron chi connectivity index (χ0n) is 29.8. The van der Waals surface area contributed by atoms with Crippen molar-refractivity contribution in [3.63, 3.8) is 0 Å². The van der Waals surface area contributed by atoms with Crippen molar-refractivity contribution < 1.29 is 8.98 Å². The minimum absolute atomic E-state index is 0.811. The Morgan fingerprint density at radius 1 is 0.364 bits per heavy atom. The summed E-state index contributed by atoms with van der Waals surface area (Å²) < 4.78 is 22.5. The number of furan rings is 1. The summed E-state index contributed by atoms with van der Waals surface area (Å²) >= 11 is 0. The highest BCUT2D eigenvalue weighted by Crippen LogP contribution is 2.49. The fraction of sp³-hybridized carbons (Fsp3) is 0. The van der Waals surface area contributed by atoms with E-state index in [1.165, 1.54) is 16.2 Å². The summed E-state index contributed by atoms with van der Waals surface area (Å²) in [6.07, 6.45) is 0. The summed E-state index contributed by atoms with van der Waals surface area (Å²) in [5, 5.41) is 13.9. The summed E-state index contributed by atoms with van der Waals surface area (Å²) in [6, 6.07) is 69.6. The van der Waals surface area contributed by atoms with E-state index in [1.807, 2.05) is 66.7 Å². The zero-order valence-corrected chi connectivity index (χ0v) is 30.7. The van der Waals surface area contributed by atoms with Crippen LogP contribution in [0.2, 0.25) is 0 Å². The van der Waals surface area contributed by atoms with Crippen molar-refractivity contribution in [1.82, 2.24) is 0 Å². The minimum atomic E-state index is -3.20. The van der Waals surface area contributed by atoms with Crippen LogP contribution >= 0.6 is 7.14 Å². The van der Waals surface area contributed by atoms with Gasteiger partial charge in [-0.25, -0.2) is 0 Å². The molecule has 11 aromatic rings.